The van der Waals surface area contributed by atoms with E-state index in [4.69, 9.17) is 5.73 Å². The lowest BCUT2D eigenvalue weighted by Gasteiger charge is -2.27. The fourth-order valence-corrected chi connectivity index (χ4v) is 2.42. The largest absolute Gasteiger partial charge is 0.354 e. The Morgan fingerprint density at radius 3 is 2.40 bits per heavy atom. The molecule has 0 aromatic rings. The Hall–Kier alpha value is -0.810. The Morgan fingerprint density at radius 2 is 1.85 bits per heavy atom. The molecular formula is C14H28ClN3O2. The first-order valence-corrected chi connectivity index (χ1v) is 7.32. The van der Waals surface area contributed by atoms with Crippen molar-refractivity contribution in [3.05, 3.63) is 0 Å². The van der Waals surface area contributed by atoms with E-state index in [1.54, 1.807) is 6.92 Å². The van der Waals surface area contributed by atoms with E-state index < -0.39 is 5.54 Å². The molecule has 1 heterocycles. The Morgan fingerprint density at radius 1 is 1.25 bits per heavy atom. The number of carbonyl (C=O) groups is 2. The lowest BCUT2D eigenvalue weighted by Crippen LogP contribution is -2.52. The molecule has 1 rings (SSSR count). The van der Waals surface area contributed by atoms with Gasteiger partial charge in [-0.2, -0.15) is 0 Å². The molecule has 0 spiro atoms. The van der Waals surface area contributed by atoms with Gasteiger partial charge in [-0.3, -0.25) is 9.59 Å². The number of likely N-dealkylation sites (tertiary alicyclic amines) is 1. The molecule has 1 atom stereocenters. The zero-order chi connectivity index (χ0) is 14.3. The number of piperidine rings is 1. The highest BCUT2D eigenvalue weighted by atomic mass is 35.5. The molecule has 1 aliphatic heterocycles. The molecule has 1 fully saturated rings. The van der Waals surface area contributed by atoms with Crippen molar-refractivity contribution >= 4 is 24.2 Å². The Kier molecular flexibility index (Phi) is 8.81. The van der Waals surface area contributed by atoms with Crippen molar-refractivity contribution in [1.29, 1.82) is 0 Å². The van der Waals surface area contributed by atoms with Crippen LogP contribution in [0.15, 0.2) is 0 Å². The van der Waals surface area contributed by atoms with E-state index in [9.17, 15) is 9.59 Å². The van der Waals surface area contributed by atoms with Crippen molar-refractivity contribution in [3.8, 4) is 0 Å². The summed E-state index contributed by atoms with van der Waals surface area (Å²) in [4.78, 5) is 25.6. The molecule has 20 heavy (non-hydrogen) atoms. The second kappa shape index (κ2) is 9.19. The second-order valence-electron chi connectivity index (χ2n) is 5.61. The lowest BCUT2D eigenvalue weighted by molar-refractivity contribution is -0.132. The first kappa shape index (κ1) is 19.2. The van der Waals surface area contributed by atoms with Crippen LogP contribution in [0.5, 0.6) is 0 Å². The summed E-state index contributed by atoms with van der Waals surface area (Å²) in [5.74, 6) is -0.0324. The summed E-state index contributed by atoms with van der Waals surface area (Å²) in [6.45, 7) is 5.83. The van der Waals surface area contributed by atoms with Crippen LogP contribution in [-0.4, -0.2) is 41.9 Å². The van der Waals surface area contributed by atoms with Crippen LogP contribution in [0.2, 0.25) is 0 Å². The summed E-state index contributed by atoms with van der Waals surface area (Å²) in [5.41, 5.74) is 5.09. The van der Waals surface area contributed by atoms with Crippen molar-refractivity contribution in [2.45, 2.75) is 57.9 Å². The zero-order valence-corrected chi connectivity index (χ0v) is 13.4. The van der Waals surface area contributed by atoms with Gasteiger partial charge in [0.25, 0.3) is 0 Å². The molecule has 0 radical (unpaired) electrons. The van der Waals surface area contributed by atoms with Gasteiger partial charge in [-0.15, -0.1) is 12.4 Å². The first-order chi connectivity index (χ1) is 8.97. The summed E-state index contributed by atoms with van der Waals surface area (Å²) in [7, 11) is 0. The van der Waals surface area contributed by atoms with Crippen molar-refractivity contribution in [2.24, 2.45) is 5.73 Å². The zero-order valence-electron chi connectivity index (χ0n) is 12.6. The minimum absolute atomic E-state index is 0. The number of halogens is 1. The van der Waals surface area contributed by atoms with Gasteiger partial charge < -0.3 is 16.0 Å². The SMILES string of the molecule is CCCC(C)(N)C(=O)NCCC(=O)N1CCCCC1.Cl. The molecule has 0 aromatic carbocycles. The van der Waals surface area contributed by atoms with Crippen LogP contribution in [0, 0.1) is 0 Å². The topological polar surface area (TPSA) is 75.4 Å². The van der Waals surface area contributed by atoms with Crippen molar-refractivity contribution in [2.75, 3.05) is 19.6 Å². The molecule has 6 heteroatoms. The number of hydrogen-bond donors (Lipinski definition) is 2. The highest BCUT2D eigenvalue weighted by Crippen LogP contribution is 2.10. The van der Waals surface area contributed by atoms with Gasteiger partial charge in [0.2, 0.25) is 11.8 Å². The van der Waals surface area contributed by atoms with E-state index in [0.717, 1.165) is 32.4 Å². The molecule has 2 amide bonds. The minimum atomic E-state index is -0.830. The summed E-state index contributed by atoms with van der Waals surface area (Å²) in [6.07, 6.45) is 5.29. The van der Waals surface area contributed by atoms with Gasteiger partial charge >= 0.3 is 0 Å². The van der Waals surface area contributed by atoms with Gasteiger partial charge in [0.1, 0.15) is 0 Å². The van der Waals surface area contributed by atoms with E-state index in [1.807, 2.05) is 11.8 Å². The maximum atomic E-state index is 11.9. The normalized spacial score (nSPS) is 17.9. The van der Waals surface area contributed by atoms with Gasteiger partial charge in [-0.1, -0.05) is 13.3 Å². The van der Waals surface area contributed by atoms with Gasteiger partial charge in [-0.05, 0) is 32.6 Å². The minimum Gasteiger partial charge on any atom is -0.354 e. The quantitative estimate of drug-likeness (QED) is 0.780. The molecule has 1 saturated heterocycles. The van der Waals surface area contributed by atoms with Crippen LogP contribution in [0.3, 0.4) is 0 Å². The number of nitrogens with zero attached hydrogens (tertiary/aromatic N) is 1. The third-order valence-corrected chi connectivity index (χ3v) is 3.62. The smallest absolute Gasteiger partial charge is 0.239 e. The number of carbonyl (C=O) groups excluding carboxylic acids is 2. The fourth-order valence-electron chi connectivity index (χ4n) is 2.42. The molecule has 3 N–H and O–H groups in total. The van der Waals surface area contributed by atoms with Gasteiger partial charge in [0, 0.05) is 26.1 Å². The average Bonchev–Trinajstić information content (AvgIpc) is 2.39. The number of nitrogens with two attached hydrogens (primary N) is 1. The Balaban J connectivity index is 0.00000361. The van der Waals surface area contributed by atoms with E-state index in [1.165, 1.54) is 6.42 Å². The Bertz CT molecular complexity index is 316. The van der Waals surface area contributed by atoms with Crippen LogP contribution in [0.4, 0.5) is 0 Å². The van der Waals surface area contributed by atoms with Gasteiger partial charge in [-0.25, -0.2) is 0 Å². The lowest BCUT2D eigenvalue weighted by atomic mass is 9.96. The predicted octanol–water partition coefficient (Wildman–Crippen LogP) is 1.44. The highest BCUT2D eigenvalue weighted by Gasteiger charge is 2.27. The van der Waals surface area contributed by atoms with E-state index in [-0.39, 0.29) is 24.2 Å². The van der Waals surface area contributed by atoms with Crippen molar-refractivity contribution in [1.82, 2.24) is 10.2 Å². The number of amides is 2. The van der Waals surface area contributed by atoms with Crippen LogP contribution in [-0.2, 0) is 9.59 Å². The van der Waals surface area contributed by atoms with Crippen LogP contribution in [0.1, 0.15) is 52.4 Å². The average molecular weight is 306 g/mol. The van der Waals surface area contributed by atoms with Crippen LogP contribution >= 0.6 is 12.4 Å². The molecule has 1 unspecified atom stereocenters. The molecule has 5 nitrogen and oxygen atoms in total. The molecule has 1 aliphatic rings. The van der Waals surface area contributed by atoms with Crippen molar-refractivity contribution < 1.29 is 9.59 Å². The van der Waals surface area contributed by atoms with E-state index in [2.05, 4.69) is 5.32 Å². The van der Waals surface area contributed by atoms with Crippen LogP contribution in [0.25, 0.3) is 0 Å². The third kappa shape index (κ3) is 6.09. The third-order valence-electron chi connectivity index (χ3n) is 3.62. The maximum absolute atomic E-state index is 11.9. The molecule has 0 saturated carbocycles. The fraction of sp³-hybridized carbons (Fsp3) is 0.857. The summed E-state index contributed by atoms with van der Waals surface area (Å²) in [5, 5.41) is 2.77. The van der Waals surface area contributed by atoms with E-state index in [0.29, 0.717) is 19.4 Å². The van der Waals surface area contributed by atoms with Crippen LogP contribution < -0.4 is 11.1 Å². The summed E-state index contributed by atoms with van der Waals surface area (Å²) in [6, 6.07) is 0. The number of hydrogen-bond acceptors (Lipinski definition) is 3. The van der Waals surface area contributed by atoms with Crippen molar-refractivity contribution in [3.63, 3.8) is 0 Å². The summed E-state index contributed by atoms with van der Waals surface area (Å²) < 4.78 is 0. The maximum Gasteiger partial charge on any atom is 0.239 e. The number of rotatable bonds is 6. The standard InChI is InChI=1S/C14H27N3O2.ClH/c1-3-8-14(2,15)13(19)16-9-7-12(18)17-10-5-4-6-11-17;/h3-11,15H2,1-2H3,(H,16,19);1H. The van der Waals surface area contributed by atoms with Gasteiger partial charge in [0.15, 0.2) is 0 Å². The summed E-state index contributed by atoms with van der Waals surface area (Å²) >= 11 is 0. The van der Waals surface area contributed by atoms with E-state index >= 15 is 0 Å². The predicted molar refractivity (Wildman–Crippen MR) is 82.8 cm³/mol. The molecule has 118 valence electrons. The van der Waals surface area contributed by atoms with Gasteiger partial charge in [0.05, 0.1) is 5.54 Å². The highest BCUT2D eigenvalue weighted by molar-refractivity contribution is 5.86. The number of nitrogens with one attached hydrogen (secondary N) is 1. The molecule has 0 aromatic heterocycles. The Labute approximate surface area is 128 Å². The first-order valence-electron chi connectivity index (χ1n) is 7.32. The molecule has 0 bridgehead atoms. The molecule has 0 aliphatic carbocycles. The monoisotopic (exact) mass is 305 g/mol. The second-order valence-corrected chi connectivity index (χ2v) is 5.61. The molecular weight excluding hydrogens is 278 g/mol.